The fourth-order valence-corrected chi connectivity index (χ4v) is 2.01. The third-order valence-corrected chi connectivity index (χ3v) is 3.90. The van der Waals surface area contributed by atoms with Gasteiger partial charge in [0.15, 0.2) is 0 Å². The topological polar surface area (TPSA) is 47.6 Å². The minimum absolute atomic E-state index is 0.123. The summed E-state index contributed by atoms with van der Waals surface area (Å²) in [6.45, 7) is 10.6. The van der Waals surface area contributed by atoms with Gasteiger partial charge in [0.2, 0.25) is 5.91 Å². The van der Waals surface area contributed by atoms with Crippen molar-refractivity contribution in [2.24, 2.45) is 0 Å². The van der Waals surface area contributed by atoms with E-state index in [9.17, 15) is 4.79 Å². The Balaban J connectivity index is 2.48. The summed E-state index contributed by atoms with van der Waals surface area (Å²) in [5.74, 6) is 0.123. The minimum Gasteiger partial charge on any atom is -0.353 e. The highest BCUT2D eigenvalue weighted by Crippen LogP contribution is 2.15. The zero-order valence-corrected chi connectivity index (χ0v) is 12.4. The van der Waals surface area contributed by atoms with Crippen LogP contribution in [0.5, 0.6) is 0 Å². The molecule has 0 aromatic carbocycles. The molecule has 1 amide bonds. The fraction of sp³-hybridized carbons (Fsp3) is 0.923. The quantitative estimate of drug-likeness (QED) is 0.711. The molecule has 1 saturated heterocycles. The van der Waals surface area contributed by atoms with Crippen LogP contribution in [-0.4, -0.2) is 74.1 Å². The predicted octanol–water partition coefficient (Wildman–Crippen LogP) is -0.263. The van der Waals surface area contributed by atoms with Gasteiger partial charge in [0.1, 0.15) is 0 Å². The highest BCUT2D eigenvalue weighted by molar-refractivity contribution is 5.85. The molecule has 2 N–H and O–H groups in total. The van der Waals surface area contributed by atoms with Gasteiger partial charge in [-0.15, -0.1) is 0 Å². The molecule has 0 aromatic rings. The van der Waals surface area contributed by atoms with Crippen LogP contribution in [0, 0.1) is 0 Å². The van der Waals surface area contributed by atoms with E-state index in [2.05, 4.69) is 27.4 Å². The molecule has 0 bridgehead atoms. The van der Waals surface area contributed by atoms with Crippen molar-refractivity contribution in [2.45, 2.75) is 32.4 Å². The SMILES string of the molecule is CC(CNC(=O)C(C)(C)N1CCNCC1)N(C)C. The van der Waals surface area contributed by atoms with E-state index in [-0.39, 0.29) is 5.91 Å². The van der Waals surface area contributed by atoms with Crippen molar-refractivity contribution in [2.75, 3.05) is 46.8 Å². The Morgan fingerprint density at radius 3 is 2.44 bits per heavy atom. The van der Waals surface area contributed by atoms with E-state index in [1.807, 2.05) is 27.9 Å². The molecule has 0 spiro atoms. The number of nitrogens with zero attached hydrogens (tertiary/aromatic N) is 2. The van der Waals surface area contributed by atoms with Crippen molar-refractivity contribution in [3.8, 4) is 0 Å². The number of piperazine rings is 1. The van der Waals surface area contributed by atoms with E-state index < -0.39 is 5.54 Å². The van der Waals surface area contributed by atoms with E-state index in [0.29, 0.717) is 12.6 Å². The molecule has 1 heterocycles. The second-order valence-electron chi connectivity index (χ2n) is 5.82. The van der Waals surface area contributed by atoms with Crippen molar-refractivity contribution >= 4 is 5.91 Å². The lowest BCUT2D eigenvalue weighted by Crippen LogP contribution is -2.60. The first-order chi connectivity index (χ1) is 8.35. The Labute approximate surface area is 111 Å². The van der Waals surface area contributed by atoms with Crippen LogP contribution in [0.2, 0.25) is 0 Å². The normalized spacial score (nSPS) is 19.9. The number of hydrogen-bond acceptors (Lipinski definition) is 4. The number of hydrogen-bond donors (Lipinski definition) is 2. The molecule has 5 nitrogen and oxygen atoms in total. The fourth-order valence-electron chi connectivity index (χ4n) is 2.01. The van der Waals surface area contributed by atoms with Gasteiger partial charge in [-0.3, -0.25) is 9.69 Å². The summed E-state index contributed by atoms with van der Waals surface area (Å²) >= 11 is 0. The van der Waals surface area contributed by atoms with Crippen molar-refractivity contribution in [1.82, 2.24) is 20.4 Å². The van der Waals surface area contributed by atoms with Crippen molar-refractivity contribution < 1.29 is 4.79 Å². The van der Waals surface area contributed by atoms with Gasteiger partial charge in [-0.25, -0.2) is 0 Å². The average Bonchev–Trinajstić information content (AvgIpc) is 2.36. The lowest BCUT2D eigenvalue weighted by molar-refractivity contribution is -0.132. The van der Waals surface area contributed by atoms with Crippen LogP contribution >= 0.6 is 0 Å². The maximum atomic E-state index is 12.3. The lowest BCUT2D eigenvalue weighted by atomic mass is 10.0. The summed E-state index contributed by atoms with van der Waals surface area (Å²) in [6, 6.07) is 0.354. The molecule has 5 heteroatoms. The molecule has 0 saturated carbocycles. The zero-order valence-electron chi connectivity index (χ0n) is 12.4. The summed E-state index contributed by atoms with van der Waals surface area (Å²) in [6.07, 6.45) is 0. The predicted molar refractivity (Wildman–Crippen MR) is 74.7 cm³/mol. The van der Waals surface area contributed by atoms with Crippen molar-refractivity contribution in [3.63, 3.8) is 0 Å². The molecule has 18 heavy (non-hydrogen) atoms. The van der Waals surface area contributed by atoms with Crippen LogP contribution in [0.15, 0.2) is 0 Å². The monoisotopic (exact) mass is 256 g/mol. The van der Waals surface area contributed by atoms with Gasteiger partial charge in [0.05, 0.1) is 5.54 Å². The first kappa shape index (κ1) is 15.4. The first-order valence-corrected chi connectivity index (χ1v) is 6.76. The van der Waals surface area contributed by atoms with E-state index in [1.54, 1.807) is 0 Å². The second kappa shape index (κ2) is 6.50. The van der Waals surface area contributed by atoms with Crippen LogP contribution in [0.1, 0.15) is 20.8 Å². The van der Waals surface area contributed by atoms with Crippen LogP contribution in [0.3, 0.4) is 0 Å². The van der Waals surface area contributed by atoms with Gasteiger partial charge in [-0.2, -0.15) is 0 Å². The van der Waals surface area contributed by atoms with Crippen LogP contribution in [-0.2, 0) is 4.79 Å². The standard InChI is InChI=1S/C13H28N4O/c1-11(16(4)5)10-15-12(18)13(2,3)17-8-6-14-7-9-17/h11,14H,6-10H2,1-5H3,(H,15,18). The Hall–Kier alpha value is -0.650. The largest absolute Gasteiger partial charge is 0.353 e. The molecule has 106 valence electrons. The average molecular weight is 256 g/mol. The van der Waals surface area contributed by atoms with E-state index in [0.717, 1.165) is 26.2 Å². The number of carbonyl (C=O) groups excluding carboxylic acids is 1. The summed E-state index contributed by atoms with van der Waals surface area (Å²) < 4.78 is 0. The maximum Gasteiger partial charge on any atom is 0.240 e. The van der Waals surface area contributed by atoms with Gasteiger partial charge in [0.25, 0.3) is 0 Å². The number of likely N-dealkylation sites (N-methyl/N-ethyl adjacent to an activating group) is 1. The molecule has 1 unspecified atom stereocenters. The minimum atomic E-state index is -0.422. The summed E-state index contributed by atoms with van der Waals surface area (Å²) in [4.78, 5) is 16.7. The van der Waals surface area contributed by atoms with Crippen LogP contribution in [0.25, 0.3) is 0 Å². The van der Waals surface area contributed by atoms with E-state index in [1.165, 1.54) is 0 Å². The number of nitrogens with one attached hydrogen (secondary N) is 2. The van der Waals surface area contributed by atoms with Gasteiger partial charge < -0.3 is 15.5 Å². The number of amides is 1. The van der Waals surface area contributed by atoms with E-state index >= 15 is 0 Å². The van der Waals surface area contributed by atoms with Gasteiger partial charge in [0, 0.05) is 38.8 Å². The highest BCUT2D eigenvalue weighted by Gasteiger charge is 2.34. The van der Waals surface area contributed by atoms with Crippen molar-refractivity contribution in [1.29, 1.82) is 0 Å². The molecule has 0 radical (unpaired) electrons. The Kier molecular flexibility index (Phi) is 5.56. The maximum absolute atomic E-state index is 12.3. The molecule has 0 aromatic heterocycles. The van der Waals surface area contributed by atoms with Gasteiger partial charge >= 0.3 is 0 Å². The Bertz CT molecular complexity index is 272. The van der Waals surface area contributed by atoms with E-state index in [4.69, 9.17) is 0 Å². The Morgan fingerprint density at radius 2 is 1.94 bits per heavy atom. The zero-order chi connectivity index (χ0) is 13.8. The smallest absolute Gasteiger partial charge is 0.240 e. The highest BCUT2D eigenvalue weighted by atomic mass is 16.2. The number of rotatable bonds is 5. The molecular weight excluding hydrogens is 228 g/mol. The molecule has 1 aliphatic rings. The third kappa shape index (κ3) is 3.93. The Morgan fingerprint density at radius 1 is 1.39 bits per heavy atom. The molecule has 1 atom stereocenters. The summed E-state index contributed by atoms with van der Waals surface area (Å²) in [5.41, 5.74) is -0.422. The number of carbonyl (C=O) groups is 1. The third-order valence-electron chi connectivity index (χ3n) is 3.90. The second-order valence-corrected chi connectivity index (χ2v) is 5.82. The van der Waals surface area contributed by atoms with Crippen LogP contribution < -0.4 is 10.6 Å². The van der Waals surface area contributed by atoms with Gasteiger partial charge in [-0.05, 0) is 34.9 Å². The van der Waals surface area contributed by atoms with Crippen LogP contribution in [0.4, 0.5) is 0 Å². The summed E-state index contributed by atoms with van der Waals surface area (Å²) in [7, 11) is 4.05. The molecule has 1 aliphatic heterocycles. The molecule has 1 fully saturated rings. The van der Waals surface area contributed by atoms with Crippen molar-refractivity contribution in [3.05, 3.63) is 0 Å². The summed E-state index contributed by atoms with van der Waals surface area (Å²) in [5, 5.41) is 6.37. The van der Waals surface area contributed by atoms with Gasteiger partial charge in [-0.1, -0.05) is 0 Å². The molecule has 0 aliphatic carbocycles. The molecule has 1 rings (SSSR count). The first-order valence-electron chi connectivity index (χ1n) is 6.76. The molecular formula is C13H28N4O. The lowest BCUT2D eigenvalue weighted by Gasteiger charge is -2.40.